The third-order valence-electron chi connectivity index (χ3n) is 2.23. The second-order valence-electron chi connectivity index (χ2n) is 3.12. The summed E-state index contributed by atoms with van der Waals surface area (Å²) in [4.78, 5) is 11.3. The number of hydrogen-bond donors (Lipinski definition) is 4. The number of amides is 1. The van der Waals surface area contributed by atoms with Gasteiger partial charge in [-0.3, -0.25) is 4.79 Å². The van der Waals surface area contributed by atoms with Crippen LogP contribution in [0.25, 0.3) is 0 Å². The molecule has 0 aliphatic carbocycles. The van der Waals surface area contributed by atoms with Crippen LogP contribution in [0.3, 0.4) is 0 Å². The molecular formula is C9H10ClNO4. The SMILES string of the molecule is Cl.O=C1NCC(O)c2ccc(O)c(O)c21. The fourth-order valence-corrected chi connectivity index (χ4v) is 1.50. The maximum Gasteiger partial charge on any atom is 0.255 e. The van der Waals surface area contributed by atoms with Gasteiger partial charge in [-0.25, -0.2) is 0 Å². The van der Waals surface area contributed by atoms with E-state index in [-0.39, 0.29) is 30.3 Å². The number of β-amino-alcohol motifs (C(OH)–C–C–N with tert-alkyl or cyclic N) is 1. The molecule has 0 fully saturated rings. The number of rotatable bonds is 0. The third kappa shape index (κ3) is 1.71. The summed E-state index contributed by atoms with van der Waals surface area (Å²) in [5.41, 5.74) is 0.285. The first-order chi connectivity index (χ1) is 6.61. The maximum atomic E-state index is 11.3. The highest BCUT2D eigenvalue weighted by molar-refractivity contribution is 6.00. The van der Waals surface area contributed by atoms with Gasteiger partial charge in [-0.05, 0) is 11.6 Å². The fourth-order valence-electron chi connectivity index (χ4n) is 1.50. The Hall–Kier alpha value is -1.46. The number of phenols is 2. The molecule has 1 amide bonds. The summed E-state index contributed by atoms with van der Waals surface area (Å²) >= 11 is 0. The average Bonchev–Trinajstić information content (AvgIpc) is 2.16. The minimum Gasteiger partial charge on any atom is -0.504 e. The molecule has 1 aromatic carbocycles. The normalized spacial score (nSPS) is 18.7. The van der Waals surface area contributed by atoms with Crippen LogP contribution in [0.5, 0.6) is 11.5 Å². The number of aromatic hydroxyl groups is 2. The Bertz CT molecular complexity index is 407. The van der Waals surface area contributed by atoms with E-state index in [2.05, 4.69) is 5.32 Å². The molecule has 5 nitrogen and oxygen atoms in total. The average molecular weight is 232 g/mol. The summed E-state index contributed by atoms with van der Waals surface area (Å²) in [5, 5.41) is 30.5. The first-order valence-electron chi connectivity index (χ1n) is 4.12. The molecule has 1 atom stereocenters. The number of benzene rings is 1. The lowest BCUT2D eigenvalue weighted by atomic mass is 9.97. The van der Waals surface area contributed by atoms with Gasteiger partial charge in [0.1, 0.15) is 0 Å². The van der Waals surface area contributed by atoms with Crippen LogP contribution in [0.4, 0.5) is 0 Å². The van der Waals surface area contributed by atoms with Crippen LogP contribution in [0, 0.1) is 0 Å². The Morgan fingerprint density at radius 2 is 2.00 bits per heavy atom. The van der Waals surface area contributed by atoms with Crippen molar-refractivity contribution in [2.75, 3.05) is 6.54 Å². The number of halogens is 1. The zero-order chi connectivity index (χ0) is 10.3. The highest BCUT2D eigenvalue weighted by Gasteiger charge is 2.27. The molecule has 6 heteroatoms. The Kier molecular flexibility index (Phi) is 3.06. The minimum atomic E-state index is -0.839. The number of aliphatic hydroxyl groups excluding tert-OH is 1. The molecule has 0 radical (unpaired) electrons. The smallest absolute Gasteiger partial charge is 0.255 e. The van der Waals surface area contributed by atoms with E-state index in [9.17, 15) is 15.0 Å². The lowest BCUT2D eigenvalue weighted by Crippen LogP contribution is -2.34. The highest BCUT2D eigenvalue weighted by atomic mass is 35.5. The molecule has 0 saturated carbocycles. The second kappa shape index (κ2) is 3.96. The van der Waals surface area contributed by atoms with Crippen molar-refractivity contribution in [3.05, 3.63) is 23.3 Å². The predicted molar refractivity (Wildman–Crippen MR) is 54.3 cm³/mol. The molecule has 0 aromatic heterocycles. The van der Waals surface area contributed by atoms with Gasteiger partial charge in [0.2, 0.25) is 0 Å². The summed E-state index contributed by atoms with van der Waals surface area (Å²) in [5.74, 6) is -1.34. The summed E-state index contributed by atoms with van der Waals surface area (Å²) in [6.07, 6.45) is -0.839. The Morgan fingerprint density at radius 1 is 1.33 bits per heavy atom. The van der Waals surface area contributed by atoms with Crippen molar-refractivity contribution in [1.82, 2.24) is 5.32 Å². The molecule has 0 bridgehead atoms. The van der Waals surface area contributed by atoms with Crippen LogP contribution in [0.15, 0.2) is 12.1 Å². The summed E-state index contributed by atoms with van der Waals surface area (Å²) < 4.78 is 0. The van der Waals surface area contributed by atoms with E-state index in [0.717, 1.165) is 0 Å². The number of fused-ring (bicyclic) bond motifs is 1. The van der Waals surface area contributed by atoms with Gasteiger partial charge in [-0.1, -0.05) is 6.07 Å². The van der Waals surface area contributed by atoms with Crippen LogP contribution in [-0.2, 0) is 0 Å². The molecule has 1 aliphatic rings. The van der Waals surface area contributed by atoms with Gasteiger partial charge in [0.15, 0.2) is 11.5 Å². The van der Waals surface area contributed by atoms with Crippen LogP contribution in [-0.4, -0.2) is 27.8 Å². The van der Waals surface area contributed by atoms with Crippen molar-refractivity contribution in [1.29, 1.82) is 0 Å². The molecule has 82 valence electrons. The zero-order valence-corrected chi connectivity index (χ0v) is 8.41. The summed E-state index contributed by atoms with van der Waals surface area (Å²) in [6, 6.07) is 2.67. The molecule has 0 spiro atoms. The Morgan fingerprint density at radius 3 is 2.67 bits per heavy atom. The number of phenolic OH excluding ortho intramolecular Hbond substituents is 2. The quantitative estimate of drug-likeness (QED) is 0.484. The number of carbonyl (C=O) groups excluding carboxylic acids is 1. The first kappa shape index (κ1) is 11.6. The first-order valence-corrected chi connectivity index (χ1v) is 4.12. The molecule has 2 rings (SSSR count). The molecule has 0 saturated heterocycles. The predicted octanol–water partition coefficient (Wildman–Crippen LogP) is 0.296. The molecule has 4 N–H and O–H groups in total. The van der Waals surface area contributed by atoms with Crippen molar-refractivity contribution in [2.45, 2.75) is 6.10 Å². The minimum absolute atomic E-state index is 0. The van der Waals surface area contributed by atoms with E-state index in [1.54, 1.807) is 0 Å². The van der Waals surface area contributed by atoms with Gasteiger partial charge in [-0.15, -0.1) is 12.4 Å². The number of carbonyl (C=O) groups is 1. The maximum absolute atomic E-state index is 11.3. The lowest BCUT2D eigenvalue weighted by molar-refractivity contribution is 0.0870. The van der Waals surface area contributed by atoms with Crippen molar-refractivity contribution in [2.24, 2.45) is 0 Å². The molecule has 1 aliphatic heterocycles. The standard InChI is InChI=1S/C9H9NO4.ClH/c11-5-2-1-4-6(12)3-10-9(14)7(4)8(5)13;/h1-2,6,11-13H,3H2,(H,10,14);1H. The topological polar surface area (TPSA) is 89.8 Å². The van der Waals surface area contributed by atoms with E-state index in [0.29, 0.717) is 5.56 Å². The van der Waals surface area contributed by atoms with Crippen molar-refractivity contribution in [3.63, 3.8) is 0 Å². The van der Waals surface area contributed by atoms with Crippen LogP contribution < -0.4 is 5.32 Å². The van der Waals surface area contributed by atoms with E-state index in [1.807, 2.05) is 0 Å². The van der Waals surface area contributed by atoms with Crippen LogP contribution in [0.2, 0.25) is 0 Å². The van der Waals surface area contributed by atoms with E-state index >= 15 is 0 Å². The monoisotopic (exact) mass is 231 g/mol. The molecule has 1 unspecified atom stereocenters. The Balaban J connectivity index is 0.00000112. The van der Waals surface area contributed by atoms with Gasteiger partial charge in [0.05, 0.1) is 11.7 Å². The van der Waals surface area contributed by atoms with Crippen molar-refractivity contribution in [3.8, 4) is 11.5 Å². The van der Waals surface area contributed by atoms with E-state index in [1.165, 1.54) is 12.1 Å². The molecule has 15 heavy (non-hydrogen) atoms. The van der Waals surface area contributed by atoms with Gasteiger partial charge < -0.3 is 20.6 Å². The second-order valence-corrected chi connectivity index (χ2v) is 3.12. The summed E-state index contributed by atoms with van der Waals surface area (Å²) in [6.45, 7) is 0.121. The summed E-state index contributed by atoms with van der Waals surface area (Å²) in [7, 11) is 0. The van der Waals surface area contributed by atoms with Crippen molar-refractivity contribution < 1.29 is 20.1 Å². The third-order valence-corrected chi connectivity index (χ3v) is 2.23. The number of nitrogens with one attached hydrogen (secondary N) is 1. The van der Waals surface area contributed by atoms with Gasteiger partial charge in [0, 0.05) is 6.54 Å². The Labute approximate surface area is 91.8 Å². The van der Waals surface area contributed by atoms with Gasteiger partial charge in [-0.2, -0.15) is 0 Å². The molecular weight excluding hydrogens is 222 g/mol. The lowest BCUT2D eigenvalue weighted by Gasteiger charge is -2.22. The number of aliphatic hydroxyl groups is 1. The van der Waals surface area contributed by atoms with Crippen molar-refractivity contribution >= 4 is 18.3 Å². The fraction of sp³-hybridized carbons (Fsp3) is 0.222. The van der Waals surface area contributed by atoms with Gasteiger partial charge >= 0.3 is 0 Å². The van der Waals surface area contributed by atoms with E-state index < -0.39 is 17.8 Å². The molecule has 1 aromatic rings. The zero-order valence-electron chi connectivity index (χ0n) is 7.60. The van der Waals surface area contributed by atoms with Crippen LogP contribution in [0.1, 0.15) is 22.0 Å². The number of hydrogen-bond acceptors (Lipinski definition) is 4. The van der Waals surface area contributed by atoms with Crippen LogP contribution >= 0.6 is 12.4 Å². The largest absolute Gasteiger partial charge is 0.504 e. The van der Waals surface area contributed by atoms with E-state index in [4.69, 9.17) is 5.11 Å². The van der Waals surface area contributed by atoms with Gasteiger partial charge in [0.25, 0.3) is 5.91 Å². The molecule has 1 heterocycles. The highest BCUT2D eigenvalue weighted by Crippen LogP contribution is 2.35.